The van der Waals surface area contributed by atoms with Crippen molar-refractivity contribution in [3.8, 4) is 24.0 Å². The Balaban J connectivity index is 1.92. The third kappa shape index (κ3) is 3.63. The van der Waals surface area contributed by atoms with Crippen molar-refractivity contribution < 1.29 is 19.1 Å². The molecular weight excluding hydrogens is 322 g/mol. The summed E-state index contributed by atoms with van der Waals surface area (Å²) in [7, 11) is 0. The Bertz CT molecular complexity index is 872. The molecule has 0 spiro atoms. The lowest BCUT2D eigenvalue weighted by Gasteiger charge is -2.14. The topological polar surface area (TPSA) is 104 Å². The summed E-state index contributed by atoms with van der Waals surface area (Å²) in [5.41, 5.74) is 5.65. The van der Waals surface area contributed by atoms with E-state index in [1.807, 2.05) is 0 Å². The Hall–Kier alpha value is -3.27. The van der Waals surface area contributed by atoms with Crippen LogP contribution in [0.5, 0.6) is 11.6 Å². The summed E-state index contributed by atoms with van der Waals surface area (Å²) in [5, 5.41) is 4.24. The number of rotatable bonds is 6. The molecule has 0 radical (unpaired) electrons. The number of nitrogens with zero attached hydrogens (tertiary/aromatic N) is 1. The molecule has 1 saturated heterocycles. The maximum absolute atomic E-state index is 11.6. The summed E-state index contributed by atoms with van der Waals surface area (Å²) < 4.78 is 11.2. The lowest BCUT2D eigenvalue weighted by Crippen LogP contribution is -2.31. The molecule has 0 aliphatic carbocycles. The van der Waals surface area contributed by atoms with E-state index in [1.54, 1.807) is 24.4 Å². The van der Waals surface area contributed by atoms with Crippen molar-refractivity contribution in [3.05, 3.63) is 30.0 Å². The van der Waals surface area contributed by atoms with Gasteiger partial charge in [-0.05, 0) is 30.0 Å². The molecule has 0 saturated carbocycles. The highest BCUT2D eigenvalue weighted by Gasteiger charge is 2.22. The van der Waals surface area contributed by atoms with Crippen LogP contribution in [0.2, 0.25) is 0 Å². The van der Waals surface area contributed by atoms with E-state index in [2.05, 4.69) is 16.2 Å². The Kier molecular flexibility index (Phi) is 4.70. The van der Waals surface area contributed by atoms with Crippen LogP contribution in [0.4, 0.5) is 0 Å². The molecule has 25 heavy (non-hydrogen) atoms. The van der Waals surface area contributed by atoms with E-state index in [4.69, 9.17) is 21.6 Å². The molecule has 2 aromatic rings. The van der Waals surface area contributed by atoms with Crippen molar-refractivity contribution in [1.29, 1.82) is 0 Å². The highest BCUT2D eigenvalue weighted by molar-refractivity contribution is 6.01. The molecule has 3 N–H and O–H groups in total. The van der Waals surface area contributed by atoms with Crippen LogP contribution in [0, 0.1) is 12.3 Å². The number of pyridine rings is 1. The average molecular weight is 339 g/mol. The minimum absolute atomic E-state index is 0.0103. The number of terminal acetylenes is 1. The molecule has 0 unspecified atom stereocenters. The normalized spacial score (nSPS) is 16.3. The van der Waals surface area contributed by atoms with Crippen molar-refractivity contribution in [3.63, 3.8) is 0 Å². The molecule has 1 aliphatic rings. The van der Waals surface area contributed by atoms with Crippen molar-refractivity contribution in [2.75, 3.05) is 13.2 Å². The smallest absolute Gasteiger partial charge is 0.252 e. The number of ether oxygens (including phenoxy) is 2. The first-order valence-corrected chi connectivity index (χ1v) is 7.79. The SMILES string of the molecule is C#CCOc1cc2c(OC[C@@H]3CCC(=O)N3)nccc2cc1C(N)=O. The molecule has 1 aromatic heterocycles. The van der Waals surface area contributed by atoms with Gasteiger partial charge in [0.1, 0.15) is 19.0 Å². The lowest BCUT2D eigenvalue weighted by molar-refractivity contribution is -0.119. The van der Waals surface area contributed by atoms with Crippen LogP contribution in [0.3, 0.4) is 0 Å². The van der Waals surface area contributed by atoms with E-state index >= 15 is 0 Å². The van der Waals surface area contributed by atoms with E-state index < -0.39 is 5.91 Å². The van der Waals surface area contributed by atoms with Crippen LogP contribution in [-0.2, 0) is 4.79 Å². The molecule has 7 nitrogen and oxygen atoms in total. The van der Waals surface area contributed by atoms with Gasteiger partial charge in [0.15, 0.2) is 0 Å². The largest absolute Gasteiger partial charge is 0.480 e. The predicted octanol–water partition coefficient (Wildman–Crippen LogP) is 1.00. The second-order valence-electron chi connectivity index (χ2n) is 5.66. The van der Waals surface area contributed by atoms with Gasteiger partial charge in [-0.3, -0.25) is 9.59 Å². The minimum atomic E-state index is -0.609. The minimum Gasteiger partial charge on any atom is -0.480 e. The predicted molar refractivity (Wildman–Crippen MR) is 91.2 cm³/mol. The number of amides is 2. The Morgan fingerprint density at radius 2 is 2.28 bits per heavy atom. The highest BCUT2D eigenvalue weighted by Crippen LogP contribution is 2.31. The summed E-state index contributed by atoms with van der Waals surface area (Å²) in [5.74, 6) is 2.44. The second-order valence-corrected chi connectivity index (χ2v) is 5.66. The van der Waals surface area contributed by atoms with Gasteiger partial charge in [0, 0.05) is 18.0 Å². The number of carbonyl (C=O) groups is 2. The average Bonchev–Trinajstić information content (AvgIpc) is 3.02. The van der Waals surface area contributed by atoms with Crippen molar-refractivity contribution in [1.82, 2.24) is 10.3 Å². The number of nitrogens with two attached hydrogens (primary N) is 1. The summed E-state index contributed by atoms with van der Waals surface area (Å²) >= 11 is 0. The van der Waals surface area contributed by atoms with E-state index in [0.29, 0.717) is 24.3 Å². The number of nitrogens with one attached hydrogen (secondary N) is 1. The zero-order valence-corrected chi connectivity index (χ0v) is 13.5. The van der Waals surface area contributed by atoms with Gasteiger partial charge in [-0.25, -0.2) is 4.98 Å². The maximum Gasteiger partial charge on any atom is 0.252 e. The zero-order chi connectivity index (χ0) is 17.8. The molecule has 1 atom stereocenters. The quantitative estimate of drug-likeness (QED) is 0.764. The molecule has 1 aromatic carbocycles. The molecule has 2 heterocycles. The van der Waals surface area contributed by atoms with E-state index in [0.717, 1.165) is 11.8 Å². The number of aromatic nitrogens is 1. The van der Waals surface area contributed by atoms with E-state index in [-0.39, 0.29) is 29.9 Å². The first-order chi connectivity index (χ1) is 12.1. The maximum atomic E-state index is 11.6. The van der Waals surface area contributed by atoms with Crippen LogP contribution >= 0.6 is 0 Å². The Morgan fingerprint density at radius 1 is 1.44 bits per heavy atom. The standard InChI is InChI=1S/C18H17N3O4/c1-2-7-24-15-9-13-11(8-14(15)17(19)23)5-6-20-18(13)25-10-12-3-4-16(22)21-12/h1,5-6,8-9,12H,3-4,7,10H2,(H2,19,23)(H,21,22)/t12-/m0/s1. The fourth-order valence-corrected chi connectivity index (χ4v) is 2.70. The Labute approximate surface area is 144 Å². The number of carbonyl (C=O) groups excluding carboxylic acids is 2. The number of benzene rings is 1. The van der Waals surface area contributed by atoms with Gasteiger partial charge in [-0.15, -0.1) is 6.42 Å². The van der Waals surface area contributed by atoms with Gasteiger partial charge in [0.05, 0.1) is 11.6 Å². The molecule has 1 fully saturated rings. The molecule has 7 heteroatoms. The monoisotopic (exact) mass is 339 g/mol. The number of hydrogen-bond donors (Lipinski definition) is 2. The third-order valence-electron chi connectivity index (χ3n) is 3.91. The summed E-state index contributed by atoms with van der Waals surface area (Å²) in [6, 6.07) is 4.97. The van der Waals surface area contributed by atoms with Gasteiger partial charge in [0.2, 0.25) is 11.8 Å². The molecule has 2 amide bonds. The van der Waals surface area contributed by atoms with Crippen molar-refractivity contribution in [2.45, 2.75) is 18.9 Å². The van der Waals surface area contributed by atoms with Crippen LogP contribution < -0.4 is 20.5 Å². The van der Waals surface area contributed by atoms with E-state index in [1.165, 1.54) is 0 Å². The number of primary amides is 1. The van der Waals surface area contributed by atoms with Crippen LogP contribution in [0.15, 0.2) is 24.4 Å². The molecule has 3 rings (SSSR count). The third-order valence-corrected chi connectivity index (χ3v) is 3.91. The van der Waals surface area contributed by atoms with Crippen LogP contribution in [0.25, 0.3) is 10.8 Å². The lowest BCUT2D eigenvalue weighted by atomic mass is 10.1. The highest BCUT2D eigenvalue weighted by atomic mass is 16.5. The summed E-state index contributed by atoms with van der Waals surface area (Å²) in [4.78, 5) is 27.1. The number of fused-ring (bicyclic) bond motifs is 1. The first kappa shape index (κ1) is 16.6. The fraction of sp³-hybridized carbons (Fsp3) is 0.278. The molecule has 0 bridgehead atoms. The van der Waals surface area contributed by atoms with Gasteiger partial charge >= 0.3 is 0 Å². The van der Waals surface area contributed by atoms with Crippen molar-refractivity contribution >= 4 is 22.6 Å². The summed E-state index contributed by atoms with van der Waals surface area (Å²) in [6.07, 6.45) is 8.02. The van der Waals surface area contributed by atoms with Crippen molar-refractivity contribution in [2.24, 2.45) is 5.73 Å². The van der Waals surface area contributed by atoms with Gasteiger partial charge in [-0.2, -0.15) is 0 Å². The van der Waals surface area contributed by atoms with Crippen LogP contribution in [0.1, 0.15) is 23.2 Å². The zero-order valence-electron chi connectivity index (χ0n) is 13.5. The fourth-order valence-electron chi connectivity index (χ4n) is 2.70. The van der Waals surface area contributed by atoms with Crippen LogP contribution in [-0.4, -0.2) is 36.1 Å². The van der Waals surface area contributed by atoms with Gasteiger partial charge < -0.3 is 20.5 Å². The van der Waals surface area contributed by atoms with E-state index in [9.17, 15) is 9.59 Å². The first-order valence-electron chi connectivity index (χ1n) is 7.79. The van der Waals surface area contributed by atoms with Gasteiger partial charge in [-0.1, -0.05) is 5.92 Å². The molecule has 128 valence electrons. The number of hydrogen-bond acceptors (Lipinski definition) is 5. The second kappa shape index (κ2) is 7.09. The molecule has 1 aliphatic heterocycles. The summed E-state index contributed by atoms with van der Waals surface area (Å²) in [6.45, 7) is 0.326. The Morgan fingerprint density at radius 3 is 2.96 bits per heavy atom. The van der Waals surface area contributed by atoms with Gasteiger partial charge in [0.25, 0.3) is 5.91 Å². The molecular formula is C18H17N3O4.